The van der Waals surface area contributed by atoms with Gasteiger partial charge < -0.3 is 9.47 Å². The van der Waals surface area contributed by atoms with Crippen LogP contribution in [0.4, 0.5) is 5.69 Å². The van der Waals surface area contributed by atoms with Gasteiger partial charge >= 0.3 is 0 Å². The molecule has 0 aliphatic heterocycles. The summed E-state index contributed by atoms with van der Waals surface area (Å²) in [6, 6.07) is 12.0. The van der Waals surface area contributed by atoms with E-state index in [9.17, 15) is 19.7 Å². The molecule has 0 fully saturated rings. The number of nitro benzene ring substituents is 1. The fourth-order valence-corrected chi connectivity index (χ4v) is 2.19. The number of nitro groups is 1. The number of hydrogen-bond donors (Lipinski definition) is 3. The lowest BCUT2D eigenvalue weighted by molar-refractivity contribution is -0.384. The molecular formula is C17H16N4O6S. The molecule has 0 heterocycles. The number of rotatable bonds is 6. The van der Waals surface area contributed by atoms with Gasteiger partial charge in [0.1, 0.15) is 0 Å². The molecule has 0 saturated carbocycles. The molecule has 2 aromatic carbocycles. The minimum absolute atomic E-state index is 0.0512. The quantitative estimate of drug-likeness (QED) is 0.373. The number of non-ortho nitro benzene ring substituents is 1. The van der Waals surface area contributed by atoms with E-state index in [0.29, 0.717) is 11.5 Å². The van der Waals surface area contributed by atoms with Crippen molar-refractivity contribution in [1.82, 2.24) is 16.2 Å². The fraction of sp³-hybridized carbons (Fsp3) is 0.118. The molecule has 2 rings (SSSR count). The van der Waals surface area contributed by atoms with Crippen molar-refractivity contribution >= 4 is 34.8 Å². The van der Waals surface area contributed by atoms with Gasteiger partial charge in [-0.1, -0.05) is 18.2 Å². The third kappa shape index (κ3) is 5.92. The Hall–Kier alpha value is -3.73. The van der Waals surface area contributed by atoms with Crippen molar-refractivity contribution in [2.45, 2.75) is 0 Å². The van der Waals surface area contributed by atoms with Crippen LogP contribution in [-0.4, -0.2) is 35.6 Å². The second-order valence-corrected chi connectivity index (χ2v) is 5.61. The third-order valence-electron chi connectivity index (χ3n) is 3.29. The van der Waals surface area contributed by atoms with Crippen LogP contribution in [0.25, 0.3) is 0 Å². The average molecular weight is 404 g/mol. The monoisotopic (exact) mass is 404 g/mol. The van der Waals surface area contributed by atoms with Gasteiger partial charge in [-0.05, 0) is 30.4 Å². The highest BCUT2D eigenvalue weighted by Gasteiger charge is 2.12. The van der Waals surface area contributed by atoms with E-state index >= 15 is 0 Å². The summed E-state index contributed by atoms with van der Waals surface area (Å²) in [7, 11) is 1.48. The minimum atomic E-state index is -0.662. The number of hydrazine groups is 1. The second-order valence-electron chi connectivity index (χ2n) is 5.20. The first-order valence-electron chi connectivity index (χ1n) is 7.81. The van der Waals surface area contributed by atoms with E-state index in [1.54, 1.807) is 24.3 Å². The van der Waals surface area contributed by atoms with Crippen molar-refractivity contribution < 1.29 is 24.0 Å². The maximum atomic E-state index is 12.0. The molecule has 0 radical (unpaired) electrons. The zero-order chi connectivity index (χ0) is 20.5. The Morgan fingerprint density at radius 2 is 1.82 bits per heavy atom. The van der Waals surface area contributed by atoms with Crippen LogP contribution in [0.3, 0.4) is 0 Å². The molecule has 0 aliphatic carbocycles. The summed E-state index contributed by atoms with van der Waals surface area (Å²) in [5.41, 5.74) is 4.39. The molecule has 0 spiro atoms. The van der Waals surface area contributed by atoms with Crippen LogP contribution >= 0.6 is 12.2 Å². The van der Waals surface area contributed by atoms with Gasteiger partial charge in [-0.2, -0.15) is 0 Å². The average Bonchev–Trinajstić information content (AvgIpc) is 2.70. The number of amides is 2. The van der Waals surface area contributed by atoms with Gasteiger partial charge in [0.25, 0.3) is 17.5 Å². The van der Waals surface area contributed by atoms with Crippen LogP contribution in [0.1, 0.15) is 10.4 Å². The highest BCUT2D eigenvalue weighted by molar-refractivity contribution is 7.80. The molecule has 11 heteroatoms. The number of carbonyl (C=O) groups is 2. The molecule has 0 aliphatic rings. The third-order valence-corrected chi connectivity index (χ3v) is 3.49. The van der Waals surface area contributed by atoms with Gasteiger partial charge in [0.05, 0.1) is 12.0 Å². The maximum absolute atomic E-state index is 12.0. The lowest BCUT2D eigenvalue weighted by atomic mass is 10.2. The van der Waals surface area contributed by atoms with Gasteiger partial charge in [0.15, 0.2) is 23.2 Å². The van der Waals surface area contributed by atoms with Crippen LogP contribution in [0, 0.1) is 10.1 Å². The van der Waals surface area contributed by atoms with Crippen LogP contribution in [-0.2, 0) is 4.79 Å². The molecule has 0 bridgehead atoms. The van der Waals surface area contributed by atoms with Crippen molar-refractivity contribution in [2.24, 2.45) is 0 Å². The van der Waals surface area contributed by atoms with Crippen LogP contribution in [0.15, 0.2) is 48.5 Å². The first kappa shape index (κ1) is 20.6. The number of para-hydroxylation sites is 2. The van der Waals surface area contributed by atoms with Crippen LogP contribution in [0.5, 0.6) is 11.5 Å². The molecule has 2 amide bonds. The Bertz CT molecular complexity index is 905. The number of benzene rings is 2. The molecule has 0 saturated heterocycles. The van der Waals surface area contributed by atoms with E-state index in [-0.39, 0.29) is 23.0 Å². The maximum Gasteiger partial charge on any atom is 0.270 e. The number of methoxy groups -OCH3 is 1. The lowest BCUT2D eigenvalue weighted by Crippen LogP contribution is -2.49. The molecule has 146 valence electrons. The summed E-state index contributed by atoms with van der Waals surface area (Å²) < 4.78 is 10.4. The van der Waals surface area contributed by atoms with Crippen molar-refractivity contribution in [3.8, 4) is 11.5 Å². The summed E-state index contributed by atoms with van der Waals surface area (Å²) in [6.07, 6.45) is 0. The van der Waals surface area contributed by atoms with E-state index in [4.69, 9.17) is 21.7 Å². The van der Waals surface area contributed by atoms with Gasteiger partial charge in [-0.25, -0.2) is 0 Å². The standard InChI is InChI=1S/C17H16N4O6S/c1-26-13-7-2-3-8-14(13)27-10-15(22)18-17(28)20-19-16(23)11-5-4-6-12(9-11)21(24)25/h2-9H,10H2,1H3,(H,19,23)(H2,18,20,22,28). The van der Waals surface area contributed by atoms with Crippen molar-refractivity contribution in [2.75, 3.05) is 13.7 Å². The van der Waals surface area contributed by atoms with Crippen LogP contribution < -0.4 is 25.6 Å². The second kappa shape index (κ2) is 9.83. The Labute approximate surface area is 164 Å². The number of thiocarbonyl (C=S) groups is 1. The summed E-state index contributed by atoms with van der Waals surface area (Å²) in [4.78, 5) is 34.0. The largest absolute Gasteiger partial charge is 0.493 e. The zero-order valence-electron chi connectivity index (χ0n) is 14.6. The van der Waals surface area contributed by atoms with Gasteiger partial charge in [-0.3, -0.25) is 35.9 Å². The first-order chi connectivity index (χ1) is 13.4. The minimum Gasteiger partial charge on any atom is -0.493 e. The van der Waals surface area contributed by atoms with Crippen LogP contribution in [0.2, 0.25) is 0 Å². The number of carbonyl (C=O) groups excluding carboxylic acids is 2. The normalized spacial score (nSPS) is 9.75. The van der Waals surface area contributed by atoms with E-state index in [2.05, 4.69) is 16.2 Å². The summed E-state index contributed by atoms with van der Waals surface area (Å²) >= 11 is 4.90. The number of nitrogens with zero attached hydrogens (tertiary/aromatic N) is 1. The summed E-state index contributed by atoms with van der Waals surface area (Å²) in [6.45, 7) is -0.332. The molecule has 3 N–H and O–H groups in total. The molecule has 0 aromatic heterocycles. The predicted octanol–water partition coefficient (Wildman–Crippen LogP) is 1.32. The van der Waals surface area contributed by atoms with Crippen molar-refractivity contribution in [3.63, 3.8) is 0 Å². The number of nitrogens with one attached hydrogen (secondary N) is 3. The highest BCUT2D eigenvalue weighted by Crippen LogP contribution is 2.25. The Kier molecular flexibility index (Phi) is 7.22. The van der Waals surface area contributed by atoms with E-state index in [0.717, 1.165) is 6.07 Å². The number of ether oxygens (including phenoxy) is 2. The molecule has 10 nitrogen and oxygen atoms in total. The molecule has 0 unspecified atom stereocenters. The Balaban J connectivity index is 1.80. The van der Waals surface area contributed by atoms with E-state index in [1.165, 1.54) is 25.3 Å². The zero-order valence-corrected chi connectivity index (χ0v) is 15.4. The smallest absolute Gasteiger partial charge is 0.270 e. The SMILES string of the molecule is COc1ccccc1OCC(=O)NC(=S)NNC(=O)c1cccc([N+](=O)[O-])c1. The number of hydrogen-bond acceptors (Lipinski definition) is 7. The molecule has 2 aromatic rings. The van der Waals surface area contributed by atoms with E-state index in [1.807, 2.05) is 0 Å². The molecular weight excluding hydrogens is 388 g/mol. The van der Waals surface area contributed by atoms with Gasteiger partial charge in [0, 0.05) is 17.7 Å². The van der Waals surface area contributed by atoms with Gasteiger partial charge in [0.2, 0.25) is 0 Å². The first-order valence-corrected chi connectivity index (χ1v) is 8.22. The molecule has 28 heavy (non-hydrogen) atoms. The summed E-state index contributed by atoms with van der Waals surface area (Å²) in [5, 5.41) is 12.9. The fourth-order valence-electron chi connectivity index (χ4n) is 2.02. The Morgan fingerprint density at radius 1 is 1.11 bits per heavy atom. The topological polar surface area (TPSA) is 132 Å². The Morgan fingerprint density at radius 3 is 2.50 bits per heavy atom. The molecule has 0 atom stereocenters. The highest BCUT2D eigenvalue weighted by atomic mass is 32.1. The summed E-state index contributed by atoms with van der Waals surface area (Å²) in [5.74, 6) is -0.364. The lowest BCUT2D eigenvalue weighted by Gasteiger charge is -2.12. The van der Waals surface area contributed by atoms with Gasteiger partial charge in [-0.15, -0.1) is 0 Å². The van der Waals surface area contributed by atoms with Crippen molar-refractivity contribution in [3.05, 3.63) is 64.2 Å². The van der Waals surface area contributed by atoms with E-state index < -0.39 is 16.7 Å². The predicted molar refractivity (Wildman–Crippen MR) is 103 cm³/mol. The van der Waals surface area contributed by atoms with Crippen molar-refractivity contribution in [1.29, 1.82) is 0 Å².